The number of carbonyl (C=O) groups is 1. The van der Waals surface area contributed by atoms with E-state index in [1.54, 1.807) is 25.1 Å². The molecule has 1 saturated heterocycles. The van der Waals surface area contributed by atoms with Crippen LogP contribution in [0.5, 0.6) is 11.5 Å². The van der Waals surface area contributed by atoms with Gasteiger partial charge in [0.1, 0.15) is 4.32 Å². The fourth-order valence-electron chi connectivity index (χ4n) is 2.17. The highest BCUT2D eigenvalue weighted by atomic mass is 79.9. The van der Waals surface area contributed by atoms with Crippen molar-refractivity contribution in [1.82, 2.24) is 10.5 Å². The number of rotatable bonds is 5. The molecule has 0 bridgehead atoms. The summed E-state index contributed by atoms with van der Waals surface area (Å²) in [6.07, 6.45) is 1.70. The molecule has 3 rings (SSSR count). The van der Waals surface area contributed by atoms with Crippen molar-refractivity contribution in [2.75, 3.05) is 7.11 Å². The van der Waals surface area contributed by atoms with Crippen molar-refractivity contribution >= 4 is 56.2 Å². The number of aryl methyl sites for hydroxylation is 1. The van der Waals surface area contributed by atoms with Crippen molar-refractivity contribution < 1.29 is 23.8 Å². The molecule has 1 aliphatic rings. The number of nitrogens with one attached hydrogen (secondary N) is 1. The Kier molecular flexibility index (Phi) is 5.49. The molecule has 1 aliphatic heterocycles. The zero-order chi connectivity index (χ0) is 18.8. The Morgan fingerprint density at radius 1 is 1.54 bits per heavy atom. The molecule has 11 heteroatoms. The molecule has 0 spiro atoms. The molecule has 1 aromatic carbocycles. The molecule has 1 amide bonds. The minimum absolute atomic E-state index is 0.0409. The SMILES string of the molecule is COc1cc(C=C2SC(=S)NC2=O)cc(Br)c1OCc1c(C)no[n+]1[O-]. The number of benzene rings is 1. The van der Waals surface area contributed by atoms with Crippen molar-refractivity contribution in [2.45, 2.75) is 13.5 Å². The van der Waals surface area contributed by atoms with Gasteiger partial charge < -0.3 is 20.0 Å². The Bertz CT molecular complexity index is 909. The summed E-state index contributed by atoms with van der Waals surface area (Å²) >= 11 is 9.59. The lowest BCUT2D eigenvalue weighted by atomic mass is 10.2. The molecule has 1 N–H and O–H groups in total. The largest absolute Gasteiger partial charge is 0.493 e. The molecule has 26 heavy (non-hydrogen) atoms. The number of hydrogen-bond donors (Lipinski definition) is 1. The molecule has 1 aromatic heterocycles. The molecule has 0 aliphatic carbocycles. The van der Waals surface area contributed by atoms with Gasteiger partial charge in [-0.1, -0.05) is 24.0 Å². The second kappa shape index (κ2) is 7.64. The molecule has 0 unspecified atom stereocenters. The number of thioether (sulfide) groups is 1. The third-order valence-corrected chi connectivity index (χ3v) is 5.19. The van der Waals surface area contributed by atoms with Crippen LogP contribution in [0.25, 0.3) is 6.08 Å². The molecular weight excluding hydrogens is 446 g/mol. The van der Waals surface area contributed by atoms with Crippen LogP contribution in [0.4, 0.5) is 0 Å². The summed E-state index contributed by atoms with van der Waals surface area (Å²) in [5.41, 5.74) is 1.43. The van der Waals surface area contributed by atoms with E-state index >= 15 is 0 Å². The predicted octanol–water partition coefficient (Wildman–Crippen LogP) is 2.46. The third kappa shape index (κ3) is 3.84. The summed E-state index contributed by atoms with van der Waals surface area (Å²) in [7, 11) is 1.50. The number of ether oxygens (including phenoxy) is 2. The molecule has 0 radical (unpaired) electrons. The van der Waals surface area contributed by atoms with Crippen LogP contribution < -0.4 is 19.7 Å². The van der Waals surface area contributed by atoms with Gasteiger partial charge in [-0.2, -0.15) is 0 Å². The monoisotopic (exact) mass is 457 g/mol. The van der Waals surface area contributed by atoms with Crippen molar-refractivity contribution in [2.24, 2.45) is 0 Å². The van der Waals surface area contributed by atoms with Crippen molar-refractivity contribution in [3.63, 3.8) is 0 Å². The van der Waals surface area contributed by atoms with Crippen LogP contribution in [-0.4, -0.2) is 22.5 Å². The van der Waals surface area contributed by atoms with Gasteiger partial charge in [-0.3, -0.25) is 9.42 Å². The maximum Gasteiger partial charge on any atom is 0.263 e. The first-order chi connectivity index (χ1) is 12.4. The Morgan fingerprint density at radius 3 is 2.88 bits per heavy atom. The second-order valence-corrected chi connectivity index (χ2v) is 7.71. The number of halogens is 1. The van der Waals surface area contributed by atoms with Crippen LogP contribution in [0.2, 0.25) is 0 Å². The van der Waals surface area contributed by atoms with Gasteiger partial charge in [0.15, 0.2) is 18.1 Å². The first kappa shape index (κ1) is 18.7. The molecule has 136 valence electrons. The smallest absolute Gasteiger partial charge is 0.263 e. The van der Waals surface area contributed by atoms with E-state index in [0.29, 0.717) is 35.8 Å². The van der Waals surface area contributed by atoms with Gasteiger partial charge in [0.25, 0.3) is 5.91 Å². The number of thiocarbonyl (C=S) groups is 1. The summed E-state index contributed by atoms with van der Waals surface area (Å²) in [6.45, 7) is 1.60. The van der Waals surface area contributed by atoms with E-state index < -0.39 is 0 Å². The fourth-order valence-corrected chi connectivity index (χ4v) is 3.78. The molecular formula is C15H12BrN3O5S2. The maximum atomic E-state index is 11.8. The molecule has 0 saturated carbocycles. The third-order valence-electron chi connectivity index (χ3n) is 3.43. The highest BCUT2D eigenvalue weighted by Crippen LogP contribution is 2.38. The first-order valence-electron chi connectivity index (χ1n) is 7.19. The van der Waals surface area contributed by atoms with E-state index in [-0.39, 0.29) is 18.2 Å². The lowest BCUT2D eigenvalue weighted by molar-refractivity contribution is -0.808. The van der Waals surface area contributed by atoms with Gasteiger partial charge in [-0.05, 0) is 44.6 Å². The minimum atomic E-state index is -0.238. The number of methoxy groups -OCH3 is 1. The average molecular weight is 458 g/mol. The van der Waals surface area contributed by atoms with Crippen molar-refractivity contribution in [3.8, 4) is 11.5 Å². The topological polar surface area (TPSA) is 101 Å². The van der Waals surface area contributed by atoms with E-state index in [0.717, 1.165) is 5.56 Å². The second-order valence-electron chi connectivity index (χ2n) is 5.14. The van der Waals surface area contributed by atoms with E-state index in [9.17, 15) is 10.0 Å². The highest BCUT2D eigenvalue weighted by Gasteiger charge is 2.23. The Hall–Kier alpha value is -2.11. The number of carbonyl (C=O) groups excluding carboxylic acids is 1. The average Bonchev–Trinajstić information content (AvgIpc) is 3.07. The Morgan fingerprint density at radius 2 is 2.31 bits per heavy atom. The van der Waals surface area contributed by atoms with Gasteiger partial charge in [0.2, 0.25) is 11.4 Å². The normalized spacial score (nSPS) is 15.4. The van der Waals surface area contributed by atoms with Crippen LogP contribution in [0.3, 0.4) is 0 Å². The number of nitrogens with zero attached hydrogens (tertiary/aromatic N) is 2. The van der Waals surface area contributed by atoms with Crippen molar-refractivity contribution in [1.29, 1.82) is 0 Å². The molecule has 2 heterocycles. The van der Waals surface area contributed by atoms with E-state index in [4.69, 9.17) is 21.7 Å². The summed E-state index contributed by atoms with van der Waals surface area (Å²) in [5.74, 6) is 0.608. The van der Waals surface area contributed by atoms with Crippen LogP contribution in [0, 0.1) is 12.1 Å². The lowest BCUT2D eigenvalue weighted by Crippen LogP contribution is -2.29. The first-order valence-corrected chi connectivity index (χ1v) is 9.21. The number of amides is 1. The summed E-state index contributed by atoms with van der Waals surface area (Å²) in [5, 5.41) is 17.6. The Balaban J connectivity index is 1.87. The lowest BCUT2D eigenvalue weighted by Gasteiger charge is -2.13. The fraction of sp³-hybridized carbons (Fsp3) is 0.200. The summed E-state index contributed by atoms with van der Waals surface area (Å²) in [6, 6.07) is 3.49. The summed E-state index contributed by atoms with van der Waals surface area (Å²) in [4.78, 5) is 12.6. The molecule has 2 aromatic rings. The zero-order valence-electron chi connectivity index (χ0n) is 13.6. The molecule has 1 fully saturated rings. The summed E-state index contributed by atoms with van der Waals surface area (Å²) < 4.78 is 16.6. The van der Waals surface area contributed by atoms with E-state index in [1.807, 2.05) is 0 Å². The standard InChI is InChI=1S/C15H12BrN3O5S2/c1-7-10(19(21)24-18-7)6-23-13-9(16)3-8(4-11(13)22-2)5-12-14(20)17-15(25)26-12/h3-5H,6H2,1-2H3,(H,17,20,25). The van der Waals surface area contributed by atoms with Crippen LogP contribution in [-0.2, 0) is 11.4 Å². The molecule has 8 nitrogen and oxygen atoms in total. The van der Waals surface area contributed by atoms with E-state index in [2.05, 4.69) is 31.0 Å². The quantitative estimate of drug-likeness (QED) is 0.415. The van der Waals surface area contributed by atoms with Gasteiger partial charge in [-0.25, -0.2) is 0 Å². The van der Waals surface area contributed by atoms with Gasteiger partial charge in [0.05, 0.1) is 16.5 Å². The van der Waals surface area contributed by atoms with Crippen LogP contribution in [0.1, 0.15) is 17.0 Å². The van der Waals surface area contributed by atoms with Crippen LogP contribution >= 0.6 is 39.9 Å². The van der Waals surface area contributed by atoms with E-state index in [1.165, 1.54) is 18.9 Å². The Labute approximate surface area is 166 Å². The zero-order valence-corrected chi connectivity index (χ0v) is 16.8. The highest BCUT2D eigenvalue weighted by molar-refractivity contribution is 9.10. The molecule has 0 atom stereocenters. The minimum Gasteiger partial charge on any atom is -0.493 e. The number of aromatic nitrogens is 2. The van der Waals surface area contributed by atoms with Gasteiger partial charge >= 0.3 is 0 Å². The predicted molar refractivity (Wildman–Crippen MR) is 102 cm³/mol. The van der Waals surface area contributed by atoms with Crippen LogP contribution in [0.15, 0.2) is 26.1 Å². The van der Waals surface area contributed by atoms with Gasteiger partial charge in [-0.15, -0.1) is 0 Å². The van der Waals surface area contributed by atoms with Crippen molar-refractivity contribution in [3.05, 3.63) is 43.7 Å². The maximum absolute atomic E-state index is 11.8. The number of hydrogen-bond acceptors (Lipinski definition) is 8. The van der Waals surface area contributed by atoms with Gasteiger partial charge in [0, 0.05) is 12.1 Å².